The van der Waals surface area contributed by atoms with Crippen molar-refractivity contribution in [3.63, 3.8) is 0 Å². The van der Waals surface area contributed by atoms with E-state index in [1.165, 1.54) is 238 Å². The van der Waals surface area contributed by atoms with Crippen LogP contribution in [-0.2, 0) is 28.6 Å². The van der Waals surface area contributed by atoms with Crippen molar-refractivity contribution < 1.29 is 28.6 Å². The molecule has 6 heteroatoms. The number of carbonyl (C=O) groups excluding carboxylic acids is 3. The first-order valence-corrected chi connectivity index (χ1v) is 30.3. The molecule has 0 aromatic carbocycles. The van der Waals surface area contributed by atoms with E-state index in [1.807, 2.05) is 0 Å². The van der Waals surface area contributed by atoms with E-state index in [9.17, 15) is 14.4 Å². The standard InChI is InChI=1S/C62H116O6/c1-4-7-10-13-16-19-22-24-26-28-30-31-33-34-36-38-40-43-46-49-52-55-61(64)67-58-59(57-66-60(63)54-51-48-45-42-21-18-15-12-9-6-3)68-62(65)56-53-50-47-44-41-39-37-35-32-29-27-25-23-20-17-14-11-8-5-2/h25,27-28,30,59H,4-24,26,29,31-58H2,1-3H3/b27-25-,30-28-. The van der Waals surface area contributed by atoms with Crippen molar-refractivity contribution in [2.45, 2.75) is 341 Å². The topological polar surface area (TPSA) is 78.9 Å². The Kier molecular flexibility index (Phi) is 55.7. The van der Waals surface area contributed by atoms with Gasteiger partial charge in [0.25, 0.3) is 0 Å². The molecule has 0 heterocycles. The third kappa shape index (κ3) is 54.8. The summed E-state index contributed by atoms with van der Waals surface area (Å²) in [6.45, 7) is 6.67. The number of rotatable bonds is 56. The van der Waals surface area contributed by atoms with Gasteiger partial charge < -0.3 is 14.2 Å². The van der Waals surface area contributed by atoms with Gasteiger partial charge in [-0.1, -0.05) is 270 Å². The van der Waals surface area contributed by atoms with Gasteiger partial charge in [-0.15, -0.1) is 0 Å². The van der Waals surface area contributed by atoms with Gasteiger partial charge in [-0.25, -0.2) is 0 Å². The average molecular weight is 958 g/mol. The van der Waals surface area contributed by atoms with Gasteiger partial charge in [0.1, 0.15) is 13.2 Å². The summed E-state index contributed by atoms with van der Waals surface area (Å²) in [5.74, 6) is -0.853. The summed E-state index contributed by atoms with van der Waals surface area (Å²) in [4.78, 5) is 38.1. The molecule has 0 rings (SSSR count). The minimum absolute atomic E-state index is 0.0683. The molecule has 68 heavy (non-hydrogen) atoms. The lowest BCUT2D eigenvalue weighted by atomic mass is 10.1. The summed E-state index contributed by atoms with van der Waals surface area (Å²) < 4.78 is 16.9. The Labute approximate surface area is 423 Å². The minimum Gasteiger partial charge on any atom is -0.462 e. The number of carbonyl (C=O) groups is 3. The van der Waals surface area contributed by atoms with Crippen LogP contribution in [0.15, 0.2) is 24.3 Å². The highest BCUT2D eigenvalue weighted by Crippen LogP contribution is 2.17. The molecule has 0 aliphatic heterocycles. The number of hydrogen-bond donors (Lipinski definition) is 0. The molecule has 0 saturated heterocycles. The minimum atomic E-state index is -0.769. The fraction of sp³-hybridized carbons (Fsp3) is 0.887. The van der Waals surface area contributed by atoms with Crippen molar-refractivity contribution in [2.75, 3.05) is 13.2 Å². The summed E-state index contributed by atoms with van der Waals surface area (Å²) in [5, 5.41) is 0. The van der Waals surface area contributed by atoms with Gasteiger partial charge in [0.2, 0.25) is 0 Å². The van der Waals surface area contributed by atoms with E-state index in [4.69, 9.17) is 14.2 Å². The third-order valence-electron chi connectivity index (χ3n) is 13.7. The molecule has 1 unspecified atom stereocenters. The monoisotopic (exact) mass is 957 g/mol. The summed E-state index contributed by atoms with van der Waals surface area (Å²) in [5.41, 5.74) is 0. The smallest absolute Gasteiger partial charge is 0.306 e. The van der Waals surface area contributed by atoms with E-state index in [0.29, 0.717) is 19.3 Å². The van der Waals surface area contributed by atoms with Crippen molar-refractivity contribution in [3.05, 3.63) is 24.3 Å². The highest BCUT2D eigenvalue weighted by molar-refractivity contribution is 5.71. The van der Waals surface area contributed by atoms with Crippen molar-refractivity contribution in [1.29, 1.82) is 0 Å². The van der Waals surface area contributed by atoms with E-state index in [-0.39, 0.29) is 31.1 Å². The van der Waals surface area contributed by atoms with Crippen molar-refractivity contribution in [1.82, 2.24) is 0 Å². The van der Waals surface area contributed by atoms with E-state index < -0.39 is 6.10 Å². The first-order chi connectivity index (χ1) is 33.5. The molecule has 6 nitrogen and oxygen atoms in total. The average Bonchev–Trinajstić information content (AvgIpc) is 3.34. The first-order valence-electron chi connectivity index (χ1n) is 30.3. The second kappa shape index (κ2) is 57.5. The Balaban J connectivity index is 4.24. The Bertz CT molecular complexity index is 1100. The number of hydrogen-bond acceptors (Lipinski definition) is 6. The predicted octanol–water partition coefficient (Wildman–Crippen LogP) is 20.3. The van der Waals surface area contributed by atoms with Crippen LogP contribution in [0.1, 0.15) is 335 Å². The van der Waals surface area contributed by atoms with Gasteiger partial charge in [0, 0.05) is 19.3 Å². The highest BCUT2D eigenvalue weighted by Gasteiger charge is 2.19. The maximum atomic E-state index is 12.9. The third-order valence-corrected chi connectivity index (χ3v) is 13.7. The fourth-order valence-corrected chi connectivity index (χ4v) is 9.08. The zero-order valence-corrected chi connectivity index (χ0v) is 45.9. The largest absolute Gasteiger partial charge is 0.462 e. The van der Waals surface area contributed by atoms with E-state index in [2.05, 4.69) is 45.1 Å². The van der Waals surface area contributed by atoms with Crippen LogP contribution in [0.4, 0.5) is 0 Å². The van der Waals surface area contributed by atoms with Gasteiger partial charge >= 0.3 is 17.9 Å². The summed E-state index contributed by atoms with van der Waals surface area (Å²) in [6, 6.07) is 0. The van der Waals surface area contributed by atoms with Crippen LogP contribution in [0, 0.1) is 0 Å². The van der Waals surface area contributed by atoms with Crippen molar-refractivity contribution >= 4 is 17.9 Å². The molecule has 0 spiro atoms. The molecule has 0 aromatic heterocycles. The number of esters is 3. The van der Waals surface area contributed by atoms with Crippen molar-refractivity contribution in [2.24, 2.45) is 0 Å². The van der Waals surface area contributed by atoms with Gasteiger partial charge in [0.15, 0.2) is 6.10 Å². The molecule has 0 radical (unpaired) electrons. The SMILES string of the molecule is CCCCCCCC/C=C\CCCCCCCCCCCC(=O)OC(COC(=O)CCCCCCCCCCCC)COC(=O)CCCCCCCCCCC/C=C\CCCCCCCCCC. The van der Waals surface area contributed by atoms with E-state index in [0.717, 1.165) is 57.8 Å². The lowest BCUT2D eigenvalue weighted by Gasteiger charge is -2.18. The van der Waals surface area contributed by atoms with E-state index in [1.54, 1.807) is 0 Å². The van der Waals surface area contributed by atoms with Crippen LogP contribution in [0.25, 0.3) is 0 Å². The Morgan fingerprint density at radius 3 is 0.735 bits per heavy atom. The molecule has 0 N–H and O–H groups in total. The molecule has 0 fully saturated rings. The van der Waals surface area contributed by atoms with Crippen LogP contribution in [0.2, 0.25) is 0 Å². The fourth-order valence-electron chi connectivity index (χ4n) is 9.08. The molecule has 0 aliphatic carbocycles. The quantitative estimate of drug-likeness (QED) is 0.0262. The van der Waals surface area contributed by atoms with Crippen LogP contribution in [0.3, 0.4) is 0 Å². The van der Waals surface area contributed by atoms with Gasteiger partial charge in [-0.2, -0.15) is 0 Å². The molecule has 0 aliphatic rings. The van der Waals surface area contributed by atoms with Crippen LogP contribution >= 0.6 is 0 Å². The predicted molar refractivity (Wildman–Crippen MR) is 293 cm³/mol. The molecule has 1 atom stereocenters. The molecule has 400 valence electrons. The number of unbranched alkanes of at least 4 members (excludes halogenated alkanes) is 41. The number of ether oxygens (including phenoxy) is 3. The lowest BCUT2D eigenvalue weighted by Crippen LogP contribution is -2.30. The van der Waals surface area contributed by atoms with Gasteiger partial charge in [0.05, 0.1) is 0 Å². The first kappa shape index (κ1) is 65.9. The van der Waals surface area contributed by atoms with Crippen LogP contribution in [0.5, 0.6) is 0 Å². The summed E-state index contributed by atoms with van der Waals surface area (Å²) in [7, 11) is 0. The molecule has 0 bridgehead atoms. The Hall–Kier alpha value is -2.11. The van der Waals surface area contributed by atoms with E-state index >= 15 is 0 Å². The lowest BCUT2D eigenvalue weighted by molar-refractivity contribution is -0.167. The molecule has 0 aromatic rings. The van der Waals surface area contributed by atoms with Crippen molar-refractivity contribution in [3.8, 4) is 0 Å². The zero-order chi connectivity index (χ0) is 49.3. The number of allylic oxidation sites excluding steroid dienone is 4. The second-order valence-electron chi connectivity index (χ2n) is 20.6. The normalized spacial score (nSPS) is 12.1. The second-order valence-corrected chi connectivity index (χ2v) is 20.6. The molecule has 0 amide bonds. The molecular formula is C62H116O6. The zero-order valence-electron chi connectivity index (χ0n) is 45.9. The Morgan fingerprint density at radius 1 is 0.279 bits per heavy atom. The maximum Gasteiger partial charge on any atom is 0.306 e. The van der Waals surface area contributed by atoms with Crippen LogP contribution < -0.4 is 0 Å². The molecular weight excluding hydrogens is 841 g/mol. The van der Waals surface area contributed by atoms with Gasteiger partial charge in [-0.05, 0) is 70.6 Å². The molecule has 0 saturated carbocycles. The summed E-state index contributed by atoms with van der Waals surface area (Å²) >= 11 is 0. The van der Waals surface area contributed by atoms with Crippen LogP contribution in [-0.4, -0.2) is 37.2 Å². The summed E-state index contributed by atoms with van der Waals surface area (Å²) in [6.07, 6.45) is 67.5. The highest BCUT2D eigenvalue weighted by atomic mass is 16.6. The maximum absolute atomic E-state index is 12.9. The van der Waals surface area contributed by atoms with Gasteiger partial charge in [-0.3, -0.25) is 14.4 Å². The Morgan fingerprint density at radius 2 is 0.485 bits per heavy atom.